The van der Waals surface area contributed by atoms with Crippen molar-refractivity contribution in [2.75, 3.05) is 33.3 Å². The molecule has 0 unspecified atom stereocenters. The minimum Gasteiger partial charge on any atom is -0.496 e. The third kappa shape index (κ3) is 6.06. The summed E-state index contributed by atoms with van der Waals surface area (Å²) in [6.07, 6.45) is 0. The summed E-state index contributed by atoms with van der Waals surface area (Å²) in [5.41, 5.74) is 4.06. The zero-order valence-electron chi connectivity index (χ0n) is 19.1. The number of rotatable bonds is 7. The van der Waals surface area contributed by atoms with Crippen molar-refractivity contribution >= 4 is 17.5 Å². The summed E-state index contributed by atoms with van der Waals surface area (Å²) in [4.78, 5) is 17.5. The number of nitrogens with zero attached hydrogens (tertiary/aromatic N) is 2. The van der Waals surface area contributed by atoms with E-state index < -0.39 is 0 Å². The highest BCUT2D eigenvalue weighted by Crippen LogP contribution is 2.24. The first kappa shape index (κ1) is 23.1. The van der Waals surface area contributed by atoms with Crippen LogP contribution in [0.3, 0.4) is 0 Å². The Hall–Kier alpha value is -3.02. The number of carbonyl (C=O) groups excluding carboxylic acids is 1. The smallest absolute Gasteiger partial charge is 0.253 e. The zero-order chi connectivity index (χ0) is 23.2. The van der Waals surface area contributed by atoms with Crippen LogP contribution in [0.4, 0.5) is 0 Å². The van der Waals surface area contributed by atoms with E-state index in [4.69, 9.17) is 21.1 Å². The number of hydrogen-bond donors (Lipinski definition) is 0. The van der Waals surface area contributed by atoms with Gasteiger partial charge in [-0.2, -0.15) is 0 Å². The van der Waals surface area contributed by atoms with E-state index in [1.807, 2.05) is 35.2 Å². The molecule has 0 N–H and O–H groups in total. The minimum absolute atomic E-state index is 0.0420. The molecule has 0 spiro atoms. The van der Waals surface area contributed by atoms with Gasteiger partial charge in [-0.1, -0.05) is 41.4 Å². The van der Waals surface area contributed by atoms with Gasteiger partial charge in [-0.05, 0) is 55.0 Å². The van der Waals surface area contributed by atoms with E-state index in [1.54, 1.807) is 19.2 Å². The van der Waals surface area contributed by atoms with Crippen LogP contribution in [-0.2, 0) is 13.2 Å². The summed E-state index contributed by atoms with van der Waals surface area (Å²) < 4.78 is 11.4. The highest BCUT2D eigenvalue weighted by atomic mass is 35.5. The number of hydrogen-bond acceptors (Lipinski definition) is 4. The van der Waals surface area contributed by atoms with Gasteiger partial charge in [0.1, 0.15) is 18.1 Å². The van der Waals surface area contributed by atoms with Crippen molar-refractivity contribution in [1.29, 1.82) is 0 Å². The predicted octanol–water partition coefficient (Wildman–Crippen LogP) is 5.19. The van der Waals surface area contributed by atoms with Crippen LogP contribution in [-0.4, -0.2) is 49.0 Å². The molecule has 0 radical (unpaired) electrons. The second kappa shape index (κ2) is 10.7. The Bertz CT molecular complexity index is 1080. The second-order valence-electron chi connectivity index (χ2n) is 8.32. The average Bonchev–Trinajstić information content (AvgIpc) is 2.85. The molecule has 0 atom stereocenters. The van der Waals surface area contributed by atoms with E-state index >= 15 is 0 Å². The monoisotopic (exact) mass is 464 g/mol. The summed E-state index contributed by atoms with van der Waals surface area (Å²) in [5.74, 6) is 1.45. The number of amides is 1. The molecule has 3 aromatic carbocycles. The molecule has 5 nitrogen and oxygen atoms in total. The molecule has 1 aliphatic heterocycles. The maximum atomic E-state index is 13.2. The maximum absolute atomic E-state index is 13.2. The van der Waals surface area contributed by atoms with Crippen molar-refractivity contribution in [3.63, 3.8) is 0 Å². The number of carbonyl (C=O) groups is 1. The molecule has 0 aliphatic carbocycles. The standard InChI is InChI=1S/C27H29ClN2O3/c1-20-3-5-21(6-4-20)18-29-13-15-30(16-14-29)27(31)22-7-12-26(32-2)23(17-22)19-33-25-10-8-24(28)9-11-25/h3-12,17H,13-16,18-19H2,1-2H3. The maximum Gasteiger partial charge on any atom is 0.253 e. The number of benzene rings is 3. The fourth-order valence-corrected chi connectivity index (χ4v) is 4.09. The van der Waals surface area contributed by atoms with E-state index in [1.165, 1.54) is 11.1 Å². The summed E-state index contributed by atoms with van der Waals surface area (Å²) in [6.45, 7) is 6.47. The molecule has 1 saturated heterocycles. The van der Waals surface area contributed by atoms with Crippen LogP contribution in [0.2, 0.25) is 5.02 Å². The second-order valence-corrected chi connectivity index (χ2v) is 8.76. The molecule has 4 rings (SSSR count). The lowest BCUT2D eigenvalue weighted by Crippen LogP contribution is -2.48. The van der Waals surface area contributed by atoms with Gasteiger partial charge in [-0.15, -0.1) is 0 Å². The van der Waals surface area contributed by atoms with Gasteiger partial charge in [0.15, 0.2) is 0 Å². The molecule has 0 aromatic heterocycles. The van der Waals surface area contributed by atoms with Crippen LogP contribution in [0.1, 0.15) is 27.0 Å². The zero-order valence-corrected chi connectivity index (χ0v) is 19.8. The van der Waals surface area contributed by atoms with Crippen LogP contribution in [0.25, 0.3) is 0 Å². The fraction of sp³-hybridized carbons (Fsp3) is 0.296. The van der Waals surface area contributed by atoms with Crippen molar-refractivity contribution in [3.8, 4) is 11.5 Å². The largest absolute Gasteiger partial charge is 0.496 e. The third-order valence-electron chi connectivity index (χ3n) is 5.92. The molecule has 172 valence electrons. The van der Waals surface area contributed by atoms with E-state index in [-0.39, 0.29) is 5.91 Å². The Morgan fingerprint density at radius 1 is 0.939 bits per heavy atom. The van der Waals surface area contributed by atoms with E-state index in [9.17, 15) is 4.79 Å². The molecule has 0 saturated carbocycles. The summed E-state index contributed by atoms with van der Waals surface area (Å²) in [6, 6.07) is 21.4. The summed E-state index contributed by atoms with van der Waals surface area (Å²) in [5, 5.41) is 0.659. The molecule has 3 aromatic rings. The Morgan fingerprint density at radius 2 is 1.64 bits per heavy atom. The lowest BCUT2D eigenvalue weighted by molar-refractivity contribution is 0.0628. The molecular weight excluding hydrogens is 436 g/mol. The number of ether oxygens (including phenoxy) is 2. The van der Waals surface area contributed by atoms with Crippen LogP contribution in [0, 0.1) is 6.92 Å². The SMILES string of the molecule is COc1ccc(C(=O)N2CCN(Cc3ccc(C)cc3)CC2)cc1COc1ccc(Cl)cc1. The molecule has 1 aliphatic rings. The normalized spacial score (nSPS) is 14.2. The van der Waals surface area contributed by atoms with Gasteiger partial charge in [0, 0.05) is 48.9 Å². The Morgan fingerprint density at radius 3 is 2.30 bits per heavy atom. The lowest BCUT2D eigenvalue weighted by Gasteiger charge is -2.35. The molecular formula is C27H29ClN2O3. The summed E-state index contributed by atoms with van der Waals surface area (Å²) in [7, 11) is 1.62. The third-order valence-corrected chi connectivity index (χ3v) is 6.17. The van der Waals surface area contributed by atoms with Crippen LogP contribution in [0.5, 0.6) is 11.5 Å². The summed E-state index contributed by atoms with van der Waals surface area (Å²) >= 11 is 5.94. The van der Waals surface area contributed by atoms with Gasteiger partial charge in [-0.3, -0.25) is 9.69 Å². The predicted molar refractivity (Wildman–Crippen MR) is 131 cm³/mol. The first-order valence-corrected chi connectivity index (χ1v) is 11.5. The van der Waals surface area contributed by atoms with Gasteiger partial charge in [0.05, 0.1) is 7.11 Å². The van der Waals surface area contributed by atoms with Gasteiger partial charge in [-0.25, -0.2) is 0 Å². The first-order valence-electron chi connectivity index (χ1n) is 11.1. The number of halogens is 1. The highest BCUT2D eigenvalue weighted by Gasteiger charge is 2.23. The molecule has 0 bridgehead atoms. The quantitative estimate of drug-likeness (QED) is 0.482. The molecule has 33 heavy (non-hydrogen) atoms. The fourth-order valence-electron chi connectivity index (χ4n) is 3.96. The van der Waals surface area contributed by atoms with E-state index in [0.29, 0.717) is 41.8 Å². The van der Waals surface area contributed by atoms with Crippen LogP contribution >= 0.6 is 11.6 Å². The minimum atomic E-state index is 0.0420. The van der Waals surface area contributed by atoms with Crippen LogP contribution in [0.15, 0.2) is 66.7 Å². The van der Waals surface area contributed by atoms with Crippen molar-refractivity contribution in [3.05, 3.63) is 94.0 Å². The van der Waals surface area contributed by atoms with E-state index in [0.717, 1.165) is 25.2 Å². The van der Waals surface area contributed by atoms with Gasteiger partial charge < -0.3 is 14.4 Å². The lowest BCUT2D eigenvalue weighted by atomic mass is 10.1. The molecule has 1 heterocycles. The molecule has 1 amide bonds. The van der Waals surface area contributed by atoms with Crippen molar-refractivity contribution < 1.29 is 14.3 Å². The molecule has 6 heteroatoms. The van der Waals surface area contributed by atoms with Crippen molar-refractivity contribution in [1.82, 2.24) is 9.80 Å². The Labute approximate surface area is 200 Å². The van der Waals surface area contributed by atoms with Crippen LogP contribution < -0.4 is 9.47 Å². The van der Waals surface area contributed by atoms with Crippen molar-refractivity contribution in [2.45, 2.75) is 20.1 Å². The first-order chi connectivity index (χ1) is 16.0. The molecule has 1 fully saturated rings. The number of piperazine rings is 1. The topological polar surface area (TPSA) is 42.0 Å². The van der Waals surface area contributed by atoms with Gasteiger partial charge in [0.2, 0.25) is 0 Å². The van der Waals surface area contributed by atoms with Gasteiger partial charge >= 0.3 is 0 Å². The number of aryl methyl sites for hydroxylation is 1. The van der Waals surface area contributed by atoms with Gasteiger partial charge in [0.25, 0.3) is 5.91 Å². The number of methoxy groups -OCH3 is 1. The highest BCUT2D eigenvalue weighted by molar-refractivity contribution is 6.30. The van der Waals surface area contributed by atoms with E-state index in [2.05, 4.69) is 36.1 Å². The Kier molecular flexibility index (Phi) is 7.53. The average molecular weight is 465 g/mol. The Balaban J connectivity index is 1.37. The van der Waals surface area contributed by atoms with Crippen molar-refractivity contribution in [2.24, 2.45) is 0 Å².